The summed E-state index contributed by atoms with van der Waals surface area (Å²) in [5.41, 5.74) is 0. The Kier molecular flexibility index (Phi) is 1.32. The average molecular weight is 88.1 g/mol. The van der Waals surface area contributed by atoms with Gasteiger partial charge in [-0.05, 0) is 0 Å². The first-order valence-electron chi connectivity index (χ1n) is 1.95. The first-order valence-corrected chi connectivity index (χ1v) is 1.45. The molecule has 0 aromatic rings. The van der Waals surface area contributed by atoms with Gasteiger partial charge in [0, 0.05) is 7.05 Å². The zero-order valence-corrected chi connectivity index (χ0v) is 3.41. The van der Waals surface area contributed by atoms with E-state index in [1.807, 2.05) is 0 Å². The molecule has 3 nitrogen and oxygen atoms in total. The molecule has 0 aliphatic rings. The topological polar surface area (TPSA) is 53.0 Å². The SMILES string of the molecule is [3H]C(=N)C(=O)NC. The number of hydrogen-bond acceptors (Lipinski definition) is 2. The van der Waals surface area contributed by atoms with Crippen molar-refractivity contribution in [2.24, 2.45) is 0 Å². The summed E-state index contributed by atoms with van der Waals surface area (Å²) in [6, 6.07) is 0. The molecule has 0 aromatic carbocycles. The summed E-state index contributed by atoms with van der Waals surface area (Å²) in [6.07, 6.45) is -0.706. The van der Waals surface area contributed by atoms with Crippen molar-refractivity contribution >= 4 is 12.1 Å². The third-order valence-electron chi connectivity index (χ3n) is 0.341. The van der Waals surface area contributed by atoms with Crippen LogP contribution in [0, 0.1) is 5.41 Å². The van der Waals surface area contributed by atoms with Gasteiger partial charge in [-0.1, -0.05) is 0 Å². The predicted molar refractivity (Wildman–Crippen MR) is 22.9 cm³/mol. The molecule has 0 saturated carbocycles. The molecule has 6 heavy (non-hydrogen) atoms. The van der Waals surface area contributed by atoms with Crippen molar-refractivity contribution in [1.82, 2.24) is 5.32 Å². The normalized spacial score (nSPS) is 9.17. The fourth-order valence-corrected chi connectivity index (χ4v) is 0.0625. The molecule has 0 fully saturated rings. The second kappa shape index (κ2) is 2.38. The Morgan fingerprint density at radius 2 is 2.83 bits per heavy atom. The number of carbonyl (C=O) groups is 1. The van der Waals surface area contributed by atoms with Crippen molar-refractivity contribution in [2.75, 3.05) is 7.05 Å². The highest BCUT2D eigenvalue weighted by atomic mass is 16.1. The van der Waals surface area contributed by atoms with Gasteiger partial charge in [-0.3, -0.25) is 4.79 Å². The van der Waals surface area contributed by atoms with E-state index in [1.54, 1.807) is 0 Å². The van der Waals surface area contributed by atoms with Crippen LogP contribution in [0.4, 0.5) is 0 Å². The Bertz CT molecular complexity index is 101. The molecule has 0 aromatic heterocycles. The predicted octanol–water partition coefficient (Wildman–Crippen LogP) is -0.618. The lowest BCUT2D eigenvalue weighted by molar-refractivity contribution is -0.114. The van der Waals surface area contributed by atoms with E-state index in [4.69, 9.17) is 6.78 Å². The van der Waals surface area contributed by atoms with Gasteiger partial charge in [0.05, 0.1) is 7.56 Å². The van der Waals surface area contributed by atoms with Crippen LogP contribution < -0.4 is 5.32 Å². The minimum Gasteiger partial charge on any atom is -0.354 e. The van der Waals surface area contributed by atoms with Gasteiger partial charge in [-0.2, -0.15) is 0 Å². The van der Waals surface area contributed by atoms with Crippen LogP contribution >= 0.6 is 0 Å². The van der Waals surface area contributed by atoms with Crippen LogP contribution in [0.3, 0.4) is 0 Å². The number of amides is 1. The molecule has 3 heteroatoms. The number of rotatable bonds is 1. The fraction of sp³-hybridized carbons (Fsp3) is 0.333. The molecule has 1 amide bonds. The lowest BCUT2D eigenvalue weighted by Gasteiger charge is -1.81. The first kappa shape index (κ1) is 3.33. The Labute approximate surface area is 37.3 Å². The van der Waals surface area contributed by atoms with Gasteiger partial charge < -0.3 is 10.7 Å². The lowest BCUT2D eigenvalue weighted by atomic mass is 10.7. The average Bonchev–Trinajstić information content (AvgIpc) is 1.65. The van der Waals surface area contributed by atoms with E-state index in [0.717, 1.165) is 0 Å². The van der Waals surface area contributed by atoms with E-state index >= 15 is 0 Å². The van der Waals surface area contributed by atoms with Crippen molar-refractivity contribution in [3.63, 3.8) is 0 Å². The van der Waals surface area contributed by atoms with Crippen LogP contribution in [-0.4, -0.2) is 19.1 Å². The molecule has 0 unspecified atom stereocenters. The molecule has 0 aliphatic heterocycles. The maximum atomic E-state index is 9.99. The second-order valence-corrected chi connectivity index (χ2v) is 0.704. The molecule has 0 atom stereocenters. The van der Waals surface area contributed by atoms with Crippen LogP contribution in [0.1, 0.15) is 1.37 Å². The molecule has 0 spiro atoms. The molecule has 2 N–H and O–H groups in total. The largest absolute Gasteiger partial charge is 0.354 e. The molecular weight excluding hydrogens is 80.0 g/mol. The highest BCUT2D eigenvalue weighted by Gasteiger charge is 1.80. The molecular formula is C3H6N2O. The fourth-order valence-electron chi connectivity index (χ4n) is 0.0625. The quantitative estimate of drug-likeness (QED) is 0.412. The summed E-state index contributed by atoms with van der Waals surface area (Å²) in [4.78, 5) is 9.99. The van der Waals surface area contributed by atoms with Crippen LogP contribution in [0.25, 0.3) is 0 Å². The molecule has 0 saturated heterocycles. The van der Waals surface area contributed by atoms with Crippen molar-refractivity contribution < 1.29 is 6.17 Å². The van der Waals surface area contributed by atoms with Gasteiger partial charge in [0.25, 0.3) is 5.91 Å². The standard InChI is InChI=1S/C3H6N2O/c1-5-3(6)2-4/h2,4H,1H3,(H,5,6)/i2T. The first-order chi connectivity index (χ1) is 3.18. The number of carbonyl (C=O) groups excluding carboxylic acids is 1. The van der Waals surface area contributed by atoms with Crippen LogP contribution in [-0.2, 0) is 4.79 Å². The van der Waals surface area contributed by atoms with Gasteiger partial charge in [-0.15, -0.1) is 0 Å². The Morgan fingerprint density at radius 1 is 2.33 bits per heavy atom. The third kappa shape index (κ3) is 1.46. The number of nitrogens with one attached hydrogen (secondary N) is 2. The minimum atomic E-state index is -0.706. The van der Waals surface area contributed by atoms with Gasteiger partial charge >= 0.3 is 0 Å². The van der Waals surface area contributed by atoms with E-state index in [1.165, 1.54) is 7.05 Å². The maximum absolute atomic E-state index is 9.99. The second-order valence-electron chi connectivity index (χ2n) is 0.704. The molecule has 0 heterocycles. The smallest absolute Gasteiger partial charge is 0.261 e. The summed E-state index contributed by atoms with van der Waals surface area (Å²) >= 11 is 0. The molecule has 0 rings (SSSR count). The number of hydrogen-bond donors (Lipinski definition) is 2. The van der Waals surface area contributed by atoms with E-state index in [-0.39, 0.29) is 0 Å². The van der Waals surface area contributed by atoms with Crippen LogP contribution in [0.2, 0.25) is 0 Å². The van der Waals surface area contributed by atoms with Gasteiger partial charge in [0.1, 0.15) is 0 Å². The highest BCUT2D eigenvalue weighted by Crippen LogP contribution is 1.44. The Balaban J connectivity index is 3.58. The van der Waals surface area contributed by atoms with E-state index in [9.17, 15) is 4.79 Å². The maximum Gasteiger partial charge on any atom is 0.261 e. The Hall–Kier alpha value is -0.860. The summed E-state index contributed by atoms with van der Waals surface area (Å²) in [5, 5.41) is 8.47. The van der Waals surface area contributed by atoms with Gasteiger partial charge in [-0.25, -0.2) is 0 Å². The molecule has 34 valence electrons. The molecule has 0 bridgehead atoms. The van der Waals surface area contributed by atoms with Gasteiger partial charge in [0.15, 0.2) is 0 Å². The third-order valence-corrected chi connectivity index (χ3v) is 0.341. The van der Waals surface area contributed by atoms with Gasteiger partial charge in [0.2, 0.25) is 0 Å². The van der Waals surface area contributed by atoms with Crippen LogP contribution in [0.15, 0.2) is 0 Å². The lowest BCUT2D eigenvalue weighted by Crippen LogP contribution is -2.17. The van der Waals surface area contributed by atoms with E-state index in [2.05, 4.69) is 5.32 Å². The summed E-state index contributed by atoms with van der Waals surface area (Å²) < 4.78 is 6.35. The van der Waals surface area contributed by atoms with E-state index < -0.39 is 12.1 Å². The van der Waals surface area contributed by atoms with Crippen molar-refractivity contribution in [2.45, 2.75) is 0 Å². The monoisotopic (exact) mass is 88.1 g/mol. The Morgan fingerprint density at radius 3 is 2.83 bits per heavy atom. The van der Waals surface area contributed by atoms with Crippen molar-refractivity contribution in [3.05, 3.63) is 0 Å². The van der Waals surface area contributed by atoms with Crippen molar-refractivity contribution in [3.8, 4) is 0 Å². The summed E-state index contributed by atoms with van der Waals surface area (Å²) in [6.45, 7) is 0. The summed E-state index contributed by atoms with van der Waals surface area (Å²) in [5.74, 6) is -0.653. The summed E-state index contributed by atoms with van der Waals surface area (Å²) in [7, 11) is 1.38. The van der Waals surface area contributed by atoms with E-state index in [0.29, 0.717) is 0 Å². The zero-order valence-electron chi connectivity index (χ0n) is 4.41. The van der Waals surface area contributed by atoms with Crippen molar-refractivity contribution in [1.29, 1.82) is 5.41 Å². The molecule has 0 radical (unpaired) electrons. The highest BCUT2D eigenvalue weighted by molar-refractivity contribution is 6.24. The minimum absolute atomic E-state index is 0.653. The van der Waals surface area contributed by atoms with Crippen LogP contribution in [0.5, 0.6) is 0 Å². The zero-order chi connectivity index (χ0) is 5.86. The molecule has 0 aliphatic carbocycles.